The summed E-state index contributed by atoms with van der Waals surface area (Å²) in [5, 5.41) is 0. The van der Waals surface area contributed by atoms with Gasteiger partial charge in [0.15, 0.2) is 0 Å². The number of imide groups is 1. The van der Waals surface area contributed by atoms with Crippen LogP contribution < -0.4 is 4.90 Å². The van der Waals surface area contributed by atoms with E-state index < -0.39 is 17.8 Å². The minimum absolute atomic E-state index is 0.129. The van der Waals surface area contributed by atoms with Gasteiger partial charge in [-0.3, -0.25) is 9.59 Å². The van der Waals surface area contributed by atoms with E-state index in [1.807, 2.05) is 36.4 Å². The second-order valence-corrected chi connectivity index (χ2v) is 9.10. The van der Waals surface area contributed by atoms with Crippen LogP contribution in [0.2, 0.25) is 0 Å². The van der Waals surface area contributed by atoms with Gasteiger partial charge in [-0.15, -0.1) is 0 Å². The summed E-state index contributed by atoms with van der Waals surface area (Å²) in [5.41, 5.74) is 5.29. The van der Waals surface area contributed by atoms with Crippen molar-refractivity contribution < 1.29 is 19.1 Å². The van der Waals surface area contributed by atoms with E-state index in [9.17, 15) is 14.4 Å². The van der Waals surface area contributed by atoms with Crippen LogP contribution in [0.25, 0.3) is 5.57 Å². The molecule has 1 saturated heterocycles. The van der Waals surface area contributed by atoms with Gasteiger partial charge in [-0.1, -0.05) is 72.8 Å². The fraction of sp³-hybridized carbons (Fsp3) is 0.167. The fourth-order valence-electron chi connectivity index (χ4n) is 5.93. The van der Waals surface area contributed by atoms with Crippen molar-refractivity contribution in [2.45, 2.75) is 0 Å². The third kappa shape index (κ3) is 3.19. The number of hydrogen-bond donors (Lipinski definition) is 0. The molecule has 4 atom stereocenters. The largest absolute Gasteiger partial charge is 0.465 e. The number of esters is 1. The van der Waals surface area contributed by atoms with Crippen molar-refractivity contribution in [3.05, 3.63) is 119 Å². The Balaban J connectivity index is 1.42. The minimum atomic E-state index is -0.459. The highest BCUT2D eigenvalue weighted by Crippen LogP contribution is 2.58. The summed E-state index contributed by atoms with van der Waals surface area (Å²) >= 11 is 0. The molecule has 3 aromatic carbocycles. The lowest BCUT2D eigenvalue weighted by Crippen LogP contribution is -2.33. The van der Waals surface area contributed by atoms with Gasteiger partial charge in [0, 0.05) is 11.8 Å². The van der Waals surface area contributed by atoms with Crippen LogP contribution in [0.1, 0.15) is 21.5 Å². The standard InChI is InChI=1S/C30H23NO4/c1-35-30(34)20-12-14-21(15-13-20)31-28(32)26-22-16-17-23(27(26)29(31)33)25(22)24(18-8-4-2-5-9-18)19-10-6-3-7-11-19/h2-17,22-23,26-27H,1H3/t22-,23+,26+,27-. The van der Waals surface area contributed by atoms with Crippen molar-refractivity contribution in [2.24, 2.45) is 23.7 Å². The molecule has 172 valence electrons. The second-order valence-electron chi connectivity index (χ2n) is 9.10. The number of nitrogens with zero attached hydrogens (tertiary/aromatic N) is 1. The van der Waals surface area contributed by atoms with E-state index in [1.54, 1.807) is 24.3 Å². The molecule has 6 rings (SSSR count). The van der Waals surface area contributed by atoms with Gasteiger partial charge in [0.25, 0.3) is 0 Å². The normalized spacial score (nSPS) is 24.1. The highest BCUT2D eigenvalue weighted by atomic mass is 16.5. The number of fused-ring (bicyclic) bond motifs is 5. The van der Waals surface area contributed by atoms with Crippen molar-refractivity contribution in [1.29, 1.82) is 0 Å². The molecule has 1 saturated carbocycles. The van der Waals surface area contributed by atoms with Gasteiger partial charge in [0.2, 0.25) is 11.8 Å². The maximum atomic E-state index is 13.7. The number of hydrogen-bond acceptors (Lipinski definition) is 4. The summed E-state index contributed by atoms with van der Waals surface area (Å²) in [6.45, 7) is 0. The number of benzene rings is 3. The molecule has 0 radical (unpaired) electrons. The molecule has 2 bridgehead atoms. The van der Waals surface area contributed by atoms with Crippen molar-refractivity contribution in [1.82, 2.24) is 0 Å². The zero-order valence-electron chi connectivity index (χ0n) is 19.1. The lowest BCUT2D eigenvalue weighted by molar-refractivity contribution is -0.122. The Morgan fingerprint density at radius 3 is 1.63 bits per heavy atom. The fourth-order valence-corrected chi connectivity index (χ4v) is 5.93. The van der Waals surface area contributed by atoms with Gasteiger partial charge in [-0.25, -0.2) is 9.69 Å². The van der Waals surface area contributed by atoms with Crippen molar-refractivity contribution in [3.8, 4) is 0 Å². The summed E-state index contributed by atoms with van der Waals surface area (Å²) in [6, 6.07) is 26.8. The number of amides is 2. The molecule has 0 aromatic heterocycles. The predicted molar refractivity (Wildman–Crippen MR) is 132 cm³/mol. The summed E-state index contributed by atoms with van der Waals surface area (Å²) in [7, 11) is 1.32. The smallest absolute Gasteiger partial charge is 0.337 e. The maximum absolute atomic E-state index is 13.7. The van der Waals surface area contributed by atoms with Crippen LogP contribution in [-0.4, -0.2) is 24.9 Å². The van der Waals surface area contributed by atoms with E-state index in [4.69, 9.17) is 4.74 Å². The Morgan fingerprint density at radius 1 is 0.686 bits per heavy atom. The van der Waals surface area contributed by atoms with Crippen LogP contribution in [0.15, 0.2) is 103 Å². The average molecular weight is 462 g/mol. The number of anilines is 1. The molecule has 5 heteroatoms. The van der Waals surface area contributed by atoms with Crippen molar-refractivity contribution >= 4 is 29.0 Å². The van der Waals surface area contributed by atoms with Gasteiger partial charge in [0.1, 0.15) is 0 Å². The van der Waals surface area contributed by atoms with E-state index in [-0.39, 0.29) is 23.7 Å². The monoisotopic (exact) mass is 461 g/mol. The van der Waals surface area contributed by atoms with Crippen LogP contribution in [0.3, 0.4) is 0 Å². The highest BCUT2D eigenvalue weighted by Gasteiger charge is 2.62. The number of carbonyl (C=O) groups is 3. The summed E-state index contributed by atoms with van der Waals surface area (Å²) in [4.78, 5) is 40.4. The molecule has 0 spiro atoms. The van der Waals surface area contributed by atoms with E-state index in [0.717, 1.165) is 22.3 Å². The van der Waals surface area contributed by atoms with Crippen LogP contribution >= 0.6 is 0 Å². The third-order valence-corrected chi connectivity index (χ3v) is 7.38. The zero-order valence-corrected chi connectivity index (χ0v) is 19.1. The quantitative estimate of drug-likeness (QED) is 0.315. The molecular formula is C30H23NO4. The first-order valence-electron chi connectivity index (χ1n) is 11.7. The SMILES string of the molecule is COC(=O)c1ccc(N2C(=O)[C@@H]3[C@H](C2=O)[C@H]2C=C[C@@H]3C2=C(c2ccccc2)c2ccccc2)cc1. The molecule has 35 heavy (non-hydrogen) atoms. The number of methoxy groups -OCH3 is 1. The molecule has 3 aromatic rings. The third-order valence-electron chi connectivity index (χ3n) is 7.38. The Bertz CT molecular complexity index is 1310. The van der Waals surface area contributed by atoms with Gasteiger partial charge in [-0.05, 0) is 46.5 Å². The first-order chi connectivity index (χ1) is 17.1. The zero-order chi connectivity index (χ0) is 24.1. The minimum Gasteiger partial charge on any atom is -0.465 e. The molecule has 2 aliphatic carbocycles. The molecule has 0 N–H and O–H groups in total. The number of ether oxygens (including phenoxy) is 1. The van der Waals surface area contributed by atoms with Crippen LogP contribution in [0.4, 0.5) is 5.69 Å². The average Bonchev–Trinajstić information content (AvgIpc) is 3.54. The van der Waals surface area contributed by atoms with E-state index in [2.05, 4.69) is 36.4 Å². The molecule has 2 fully saturated rings. The molecule has 2 amide bonds. The Morgan fingerprint density at radius 2 is 1.17 bits per heavy atom. The topological polar surface area (TPSA) is 63.7 Å². The number of rotatable bonds is 4. The number of carbonyl (C=O) groups excluding carboxylic acids is 3. The van der Waals surface area contributed by atoms with Crippen molar-refractivity contribution in [3.63, 3.8) is 0 Å². The second kappa shape index (κ2) is 8.20. The summed E-state index contributed by atoms with van der Waals surface area (Å²) in [6.07, 6.45) is 4.20. The van der Waals surface area contributed by atoms with Crippen LogP contribution in [-0.2, 0) is 14.3 Å². The Hall–Kier alpha value is -4.25. The molecular weight excluding hydrogens is 438 g/mol. The lowest BCUT2D eigenvalue weighted by Gasteiger charge is -2.21. The lowest BCUT2D eigenvalue weighted by atomic mass is 9.85. The first-order valence-corrected chi connectivity index (χ1v) is 11.7. The van der Waals surface area contributed by atoms with Gasteiger partial charge in [0.05, 0.1) is 30.2 Å². The molecule has 5 nitrogen and oxygen atoms in total. The number of allylic oxidation sites excluding steroid dienone is 3. The van der Waals surface area contributed by atoms with E-state index in [0.29, 0.717) is 11.3 Å². The van der Waals surface area contributed by atoms with Gasteiger partial charge in [-0.2, -0.15) is 0 Å². The van der Waals surface area contributed by atoms with Crippen molar-refractivity contribution in [2.75, 3.05) is 12.0 Å². The predicted octanol–water partition coefficient (Wildman–Crippen LogP) is 4.90. The molecule has 1 aliphatic heterocycles. The van der Waals surface area contributed by atoms with Crippen LogP contribution in [0, 0.1) is 23.7 Å². The Labute approximate surface area is 203 Å². The van der Waals surface area contributed by atoms with E-state index in [1.165, 1.54) is 12.0 Å². The first kappa shape index (κ1) is 21.3. The molecule has 3 aliphatic rings. The Kier molecular flexibility index (Phi) is 4.99. The maximum Gasteiger partial charge on any atom is 0.337 e. The summed E-state index contributed by atoms with van der Waals surface area (Å²) < 4.78 is 4.75. The van der Waals surface area contributed by atoms with Crippen LogP contribution in [0.5, 0.6) is 0 Å². The van der Waals surface area contributed by atoms with E-state index >= 15 is 0 Å². The molecule has 0 unspecified atom stereocenters. The van der Waals surface area contributed by atoms with Gasteiger partial charge >= 0.3 is 5.97 Å². The van der Waals surface area contributed by atoms with Gasteiger partial charge < -0.3 is 4.74 Å². The highest BCUT2D eigenvalue weighted by molar-refractivity contribution is 6.23. The molecule has 1 heterocycles. The summed E-state index contributed by atoms with van der Waals surface area (Å²) in [5.74, 6) is -1.92.